The molecule has 0 amide bonds. The van der Waals surface area contributed by atoms with Gasteiger partial charge < -0.3 is 10.4 Å². The summed E-state index contributed by atoms with van der Waals surface area (Å²) in [6.45, 7) is 4.24. The Bertz CT molecular complexity index is 1630. The quantitative estimate of drug-likeness (QED) is 0.419. The average Bonchev–Trinajstić information content (AvgIpc) is 2.78. The lowest BCUT2D eigenvalue weighted by molar-refractivity contribution is 0.444. The van der Waals surface area contributed by atoms with E-state index in [2.05, 4.69) is 19.5 Å². The van der Waals surface area contributed by atoms with Crippen molar-refractivity contribution >= 4 is 37.3 Å². The molecule has 0 bridgehead atoms. The molecule has 1 aliphatic rings. The van der Waals surface area contributed by atoms with Crippen LogP contribution in [-0.2, 0) is 26.6 Å². The van der Waals surface area contributed by atoms with Crippen LogP contribution in [0.2, 0.25) is 0 Å². The Labute approximate surface area is 208 Å². The predicted octanol–water partition coefficient (Wildman–Crippen LogP) is 2.59. The second-order valence-electron chi connectivity index (χ2n) is 8.77. The molecular formula is C23H25N5O6S2. The van der Waals surface area contributed by atoms with E-state index in [0.29, 0.717) is 12.0 Å². The molecule has 190 valence electrons. The van der Waals surface area contributed by atoms with Crippen molar-refractivity contribution in [2.24, 2.45) is 10.3 Å². The molecule has 2 heterocycles. The van der Waals surface area contributed by atoms with Gasteiger partial charge in [-0.15, -0.1) is 4.40 Å². The first-order valence-corrected chi connectivity index (χ1v) is 14.3. The lowest BCUT2D eigenvalue weighted by atomic mass is 10.1. The summed E-state index contributed by atoms with van der Waals surface area (Å²) in [6, 6.07) is 12.6. The Morgan fingerprint density at radius 1 is 1.14 bits per heavy atom. The van der Waals surface area contributed by atoms with E-state index in [-0.39, 0.29) is 45.8 Å². The van der Waals surface area contributed by atoms with Crippen LogP contribution in [0.5, 0.6) is 5.75 Å². The summed E-state index contributed by atoms with van der Waals surface area (Å²) >= 11 is 0. The highest BCUT2D eigenvalue weighted by atomic mass is 32.2. The molecule has 1 aromatic heterocycles. The zero-order valence-corrected chi connectivity index (χ0v) is 21.4. The van der Waals surface area contributed by atoms with Crippen molar-refractivity contribution in [2.75, 3.05) is 16.3 Å². The second kappa shape index (κ2) is 9.39. The Morgan fingerprint density at radius 3 is 2.47 bits per heavy atom. The molecule has 0 radical (unpaired) electrons. The van der Waals surface area contributed by atoms with Crippen LogP contribution < -0.4 is 15.6 Å². The highest BCUT2D eigenvalue weighted by molar-refractivity contribution is 7.92. The van der Waals surface area contributed by atoms with Gasteiger partial charge in [0.15, 0.2) is 11.6 Å². The van der Waals surface area contributed by atoms with Crippen LogP contribution in [0.4, 0.5) is 11.4 Å². The highest BCUT2D eigenvalue weighted by Gasteiger charge is 2.31. The Kier molecular flexibility index (Phi) is 6.62. The van der Waals surface area contributed by atoms with E-state index in [1.54, 1.807) is 30.3 Å². The molecule has 0 aliphatic carbocycles. The monoisotopic (exact) mass is 531 g/mol. The number of hydrogen-bond donors (Lipinski definition) is 3. The Balaban J connectivity index is 1.88. The molecule has 36 heavy (non-hydrogen) atoms. The summed E-state index contributed by atoms with van der Waals surface area (Å²) in [5.41, 5.74) is -0.285. The molecule has 0 unspecified atom stereocenters. The zero-order chi connectivity index (χ0) is 26.3. The molecule has 0 spiro atoms. The van der Waals surface area contributed by atoms with Crippen LogP contribution in [0.1, 0.15) is 25.8 Å². The fourth-order valence-electron chi connectivity index (χ4n) is 3.64. The number of fused-ring (bicyclic) bond motifs is 1. The molecule has 0 fully saturated rings. The van der Waals surface area contributed by atoms with Gasteiger partial charge in [-0.1, -0.05) is 44.2 Å². The molecule has 11 nitrogen and oxygen atoms in total. The largest absolute Gasteiger partial charge is 0.505 e. The van der Waals surface area contributed by atoms with E-state index in [4.69, 9.17) is 0 Å². The summed E-state index contributed by atoms with van der Waals surface area (Å²) in [6.07, 6.45) is 1.57. The molecule has 3 aromatic rings. The minimum absolute atomic E-state index is 0.0365. The molecule has 0 saturated carbocycles. The molecule has 4 rings (SSSR count). The van der Waals surface area contributed by atoms with Gasteiger partial charge in [0, 0.05) is 17.8 Å². The third-order valence-electron chi connectivity index (χ3n) is 5.36. The van der Waals surface area contributed by atoms with Crippen molar-refractivity contribution in [3.05, 3.63) is 64.4 Å². The van der Waals surface area contributed by atoms with Gasteiger partial charge in [0.1, 0.15) is 16.2 Å². The number of benzene rings is 2. The van der Waals surface area contributed by atoms with Crippen LogP contribution in [0, 0.1) is 5.92 Å². The van der Waals surface area contributed by atoms with Gasteiger partial charge in [-0.05, 0) is 30.5 Å². The average molecular weight is 532 g/mol. The fraction of sp³-hybridized carbons (Fsp3) is 0.261. The molecule has 1 aliphatic heterocycles. The van der Waals surface area contributed by atoms with Crippen LogP contribution >= 0.6 is 0 Å². The third kappa shape index (κ3) is 5.26. The maximum Gasteiger partial charge on any atom is 0.286 e. The molecule has 13 heteroatoms. The van der Waals surface area contributed by atoms with E-state index in [1.807, 2.05) is 13.8 Å². The smallest absolute Gasteiger partial charge is 0.286 e. The number of amidine groups is 1. The number of nitrogens with zero attached hydrogens (tertiary/aromatic N) is 3. The first kappa shape index (κ1) is 25.4. The number of nitrogens with one attached hydrogen (secondary N) is 2. The summed E-state index contributed by atoms with van der Waals surface area (Å²) in [4.78, 5) is 13.1. The van der Waals surface area contributed by atoms with Crippen molar-refractivity contribution in [1.82, 2.24) is 9.78 Å². The van der Waals surface area contributed by atoms with E-state index in [9.17, 15) is 26.7 Å². The normalized spacial score (nSPS) is 14.6. The zero-order valence-electron chi connectivity index (χ0n) is 19.8. The first-order chi connectivity index (χ1) is 16.9. The number of aromatic hydroxyl groups is 1. The summed E-state index contributed by atoms with van der Waals surface area (Å²) in [5, 5.41) is 18.3. The molecular weight excluding hydrogens is 506 g/mol. The van der Waals surface area contributed by atoms with Crippen LogP contribution in [0.25, 0.3) is 11.3 Å². The minimum atomic E-state index is -4.36. The van der Waals surface area contributed by atoms with E-state index < -0.39 is 31.4 Å². The predicted molar refractivity (Wildman–Crippen MR) is 137 cm³/mol. The first-order valence-electron chi connectivity index (χ1n) is 11.0. The summed E-state index contributed by atoms with van der Waals surface area (Å²) < 4.78 is 56.3. The number of aryl methyl sites for hydroxylation is 1. The van der Waals surface area contributed by atoms with E-state index >= 15 is 0 Å². The fourth-order valence-corrected chi connectivity index (χ4v) is 5.35. The van der Waals surface area contributed by atoms with Crippen molar-refractivity contribution in [1.29, 1.82) is 0 Å². The van der Waals surface area contributed by atoms with Gasteiger partial charge in [-0.3, -0.25) is 9.52 Å². The van der Waals surface area contributed by atoms with Crippen molar-refractivity contribution in [2.45, 2.75) is 31.7 Å². The highest BCUT2D eigenvalue weighted by Crippen LogP contribution is 2.34. The minimum Gasteiger partial charge on any atom is -0.505 e. The molecule has 0 atom stereocenters. The van der Waals surface area contributed by atoms with Crippen LogP contribution in [0.15, 0.2) is 62.6 Å². The van der Waals surface area contributed by atoms with Gasteiger partial charge in [-0.25, -0.2) is 13.1 Å². The third-order valence-corrected chi connectivity index (χ3v) is 7.28. The lowest BCUT2D eigenvalue weighted by Gasteiger charge is -2.21. The van der Waals surface area contributed by atoms with Crippen molar-refractivity contribution < 1.29 is 21.9 Å². The number of rotatable bonds is 7. The summed E-state index contributed by atoms with van der Waals surface area (Å²) in [7, 11) is -7.99. The number of sulfonamides is 2. The standard InChI is InChI=1S/C23H25N5O6S2/c1-14(2)11-12-28-23(30)19(21(29)20(25-28)15-7-5-4-6-8-15)22-24-17-10-9-16(26-35(3,31)32)13-18(17)36(33,34)27-22/h4-10,13-14,26,29H,11-12H2,1-3H3,(H,24,27). The summed E-state index contributed by atoms with van der Waals surface area (Å²) in [5.74, 6) is -0.595. The number of hydrogen-bond acceptors (Lipinski definition) is 8. The molecule has 3 N–H and O–H groups in total. The molecule has 0 saturated heterocycles. The van der Waals surface area contributed by atoms with Gasteiger partial charge in [0.25, 0.3) is 15.6 Å². The van der Waals surface area contributed by atoms with Crippen LogP contribution in [-0.4, -0.2) is 43.8 Å². The molecule has 2 aromatic carbocycles. The Hall–Kier alpha value is -3.71. The van der Waals surface area contributed by atoms with E-state index in [0.717, 1.165) is 12.3 Å². The Morgan fingerprint density at radius 2 is 1.83 bits per heavy atom. The van der Waals surface area contributed by atoms with Gasteiger partial charge in [0.2, 0.25) is 10.0 Å². The van der Waals surface area contributed by atoms with Gasteiger partial charge in [0.05, 0.1) is 11.9 Å². The van der Waals surface area contributed by atoms with Crippen LogP contribution in [0.3, 0.4) is 0 Å². The lowest BCUT2D eigenvalue weighted by Crippen LogP contribution is -2.34. The maximum absolute atomic E-state index is 13.4. The SMILES string of the molecule is CC(C)CCn1nc(-c2ccccc2)c(O)c(C2=NS(=O)(=O)c3cc(NS(C)(=O)=O)ccc3N2)c1=O. The topological polar surface area (TPSA) is 160 Å². The van der Waals surface area contributed by atoms with Gasteiger partial charge >= 0.3 is 0 Å². The number of anilines is 2. The van der Waals surface area contributed by atoms with Gasteiger partial charge in [-0.2, -0.15) is 13.5 Å². The maximum atomic E-state index is 13.4. The van der Waals surface area contributed by atoms with Crippen molar-refractivity contribution in [3.8, 4) is 17.0 Å². The number of aromatic nitrogens is 2. The van der Waals surface area contributed by atoms with E-state index in [1.165, 1.54) is 16.8 Å². The second-order valence-corrected chi connectivity index (χ2v) is 12.1. The van der Waals surface area contributed by atoms with Crippen molar-refractivity contribution in [3.63, 3.8) is 0 Å².